The van der Waals surface area contributed by atoms with Gasteiger partial charge in [0, 0.05) is 11.8 Å². The maximum absolute atomic E-state index is 11.7. The predicted octanol–water partition coefficient (Wildman–Crippen LogP) is -0.0949. The Bertz CT molecular complexity index is 615. The number of carboxylic acid groups (broad SMARTS) is 1. The molecule has 1 aromatic carbocycles. The molecule has 0 aromatic heterocycles. The zero-order valence-corrected chi connectivity index (χ0v) is 12.8. The Balaban J connectivity index is 2.45. The van der Waals surface area contributed by atoms with Gasteiger partial charge in [0.2, 0.25) is 11.8 Å². The summed E-state index contributed by atoms with van der Waals surface area (Å²) in [6.07, 6.45) is 1.35. The number of rotatable bonds is 7. The molecule has 0 bridgehead atoms. The molecule has 0 saturated heterocycles. The summed E-state index contributed by atoms with van der Waals surface area (Å²) < 4.78 is 0. The summed E-state index contributed by atoms with van der Waals surface area (Å²) in [5, 5.41) is 22.9. The lowest BCUT2D eigenvalue weighted by atomic mass is 10.2. The highest BCUT2D eigenvalue weighted by atomic mass is 16.4. The monoisotopic (exact) mass is 321 g/mol. The highest BCUT2D eigenvalue weighted by Gasteiger charge is 2.20. The second kappa shape index (κ2) is 8.52. The zero-order chi connectivity index (χ0) is 17.4. The molecule has 0 aliphatic carbocycles. The van der Waals surface area contributed by atoms with Crippen LogP contribution in [0.25, 0.3) is 0 Å². The van der Waals surface area contributed by atoms with Crippen molar-refractivity contribution in [1.29, 1.82) is 0 Å². The van der Waals surface area contributed by atoms with Crippen molar-refractivity contribution < 1.29 is 24.6 Å². The number of hydrogen-bond donors (Lipinski definition) is 4. The molecule has 8 nitrogen and oxygen atoms in total. The van der Waals surface area contributed by atoms with Gasteiger partial charge in [-0.15, -0.1) is 0 Å². The zero-order valence-electron chi connectivity index (χ0n) is 12.8. The molecule has 1 aromatic rings. The lowest BCUT2D eigenvalue weighted by molar-refractivity contribution is -0.141. The minimum atomic E-state index is -1.16. The molecule has 2 atom stereocenters. The number of hydrogen-bond acceptors (Lipinski definition) is 5. The Morgan fingerprint density at radius 2 is 1.83 bits per heavy atom. The van der Waals surface area contributed by atoms with Crippen LogP contribution in [0.3, 0.4) is 0 Å². The van der Waals surface area contributed by atoms with Gasteiger partial charge in [-0.05, 0) is 26.0 Å². The number of carbonyl (C=O) groups is 3. The third kappa shape index (κ3) is 6.16. The summed E-state index contributed by atoms with van der Waals surface area (Å²) >= 11 is 0. The van der Waals surface area contributed by atoms with Gasteiger partial charge < -0.3 is 20.8 Å². The van der Waals surface area contributed by atoms with Crippen LogP contribution >= 0.6 is 0 Å². The molecule has 23 heavy (non-hydrogen) atoms. The number of phenolic OH excluding ortho intramolecular Hbond substituents is 1. The van der Waals surface area contributed by atoms with Crippen LogP contribution in [0.4, 0.5) is 0 Å². The first kappa shape index (κ1) is 18.1. The van der Waals surface area contributed by atoms with Crippen LogP contribution in [-0.2, 0) is 14.4 Å². The molecule has 0 heterocycles. The Labute approximate surface area is 133 Å². The molecule has 124 valence electrons. The van der Waals surface area contributed by atoms with Gasteiger partial charge in [0.15, 0.2) is 0 Å². The number of amides is 2. The van der Waals surface area contributed by atoms with E-state index in [0.29, 0.717) is 5.56 Å². The topological polar surface area (TPSA) is 128 Å². The van der Waals surface area contributed by atoms with Crippen molar-refractivity contribution in [3.8, 4) is 5.75 Å². The fraction of sp³-hybridized carbons (Fsp3) is 0.333. The fourth-order valence-electron chi connectivity index (χ4n) is 1.58. The molecule has 1 rings (SSSR count). The van der Waals surface area contributed by atoms with Gasteiger partial charge in [-0.3, -0.25) is 19.4 Å². The highest BCUT2D eigenvalue weighted by Crippen LogP contribution is 2.12. The molecule has 0 aliphatic heterocycles. The number of aliphatic carboxylic acids is 1. The second-order valence-corrected chi connectivity index (χ2v) is 4.89. The van der Waals surface area contributed by atoms with Crippen molar-refractivity contribution in [1.82, 2.24) is 10.6 Å². The van der Waals surface area contributed by atoms with E-state index in [2.05, 4.69) is 15.6 Å². The average molecular weight is 321 g/mol. The molecule has 2 amide bonds. The Morgan fingerprint density at radius 1 is 1.17 bits per heavy atom. The van der Waals surface area contributed by atoms with Crippen LogP contribution < -0.4 is 10.6 Å². The minimum Gasteiger partial charge on any atom is -0.507 e. The number of nitrogens with zero attached hydrogens (tertiary/aromatic N) is 1. The summed E-state index contributed by atoms with van der Waals surface area (Å²) in [7, 11) is 0. The van der Waals surface area contributed by atoms with Crippen molar-refractivity contribution in [2.24, 2.45) is 4.99 Å². The number of para-hydroxylation sites is 1. The van der Waals surface area contributed by atoms with Crippen LogP contribution in [0.5, 0.6) is 5.75 Å². The van der Waals surface area contributed by atoms with Crippen molar-refractivity contribution >= 4 is 24.0 Å². The number of carboxylic acids is 1. The van der Waals surface area contributed by atoms with Gasteiger partial charge in [-0.1, -0.05) is 12.1 Å². The van der Waals surface area contributed by atoms with Gasteiger partial charge in [-0.25, -0.2) is 0 Å². The summed E-state index contributed by atoms with van der Waals surface area (Å²) in [5.74, 6) is -2.21. The molecule has 8 heteroatoms. The van der Waals surface area contributed by atoms with E-state index >= 15 is 0 Å². The Kier molecular flexibility index (Phi) is 6.72. The van der Waals surface area contributed by atoms with E-state index in [1.807, 2.05) is 0 Å². The first-order valence-corrected chi connectivity index (χ1v) is 6.91. The van der Waals surface area contributed by atoms with Crippen LogP contribution in [0.2, 0.25) is 0 Å². The van der Waals surface area contributed by atoms with E-state index in [4.69, 9.17) is 5.11 Å². The van der Waals surface area contributed by atoms with Gasteiger partial charge in [0.25, 0.3) is 0 Å². The SMILES string of the molecule is C[C@@H](NC(=O)[C@@H](C)NC(=O)CN=Cc1ccccc1O)C(=O)O. The van der Waals surface area contributed by atoms with Crippen molar-refractivity contribution in [3.63, 3.8) is 0 Å². The molecule has 0 radical (unpaired) electrons. The van der Waals surface area contributed by atoms with E-state index in [-0.39, 0.29) is 12.3 Å². The Hall–Kier alpha value is -2.90. The number of phenols is 1. The number of nitrogens with one attached hydrogen (secondary N) is 2. The quantitative estimate of drug-likeness (QED) is 0.522. The number of aromatic hydroxyl groups is 1. The largest absolute Gasteiger partial charge is 0.507 e. The maximum atomic E-state index is 11.7. The van der Waals surface area contributed by atoms with Crippen LogP contribution in [0.1, 0.15) is 19.4 Å². The van der Waals surface area contributed by atoms with E-state index in [1.165, 1.54) is 26.1 Å². The molecule has 0 saturated carbocycles. The smallest absolute Gasteiger partial charge is 0.325 e. The molecule has 0 unspecified atom stereocenters. The normalized spacial score (nSPS) is 13.3. The Morgan fingerprint density at radius 3 is 2.43 bits per heavy atom. The molecule has 0 aliphatic rings. The van der Waals surface area contributed by atoms with Gasteiger partial charge in [0.1, 0.15) is 24.4 Å². The second-order valence-electron chi connectivity index (χ2n) is 4.89. The van der Waals surface area contributed by atoms with E-state index in [9.17, 15) is 19.5 Å². The van der Waals surface area contributed by atoms with Gasteiger partial charge in [-0.2, -0.15) is 0 Å². The van der Waals surface area contributed by atoms with Crippen LogP contribution in [0.15, 0.2) is 29.3 Å². The summed E-state index contributed by atoms with van der Waals surface area (Å²) in [4.78, 5) is 37.9. The summed E-state index contributed by atoms with van der Waals surface area (Å²) in [6, 6.07) is 4.59. The third-order valence-electron chi connectivity index (χ3n) is 2.90. The van der Waals surface area contributed by atoms with E-state index in [1.54, 1.807) is 18.2 Å². The van der Waals surface area contributed by atoms with Gasteiger partial charge in [0.05, 0.1) is 0 Å². The minimum absolute atomic E-state index is 0.0482. The van der Waals surface area contributed by atoms with Gasteiger partial charge >= 0.3 is 5.97 Å². The molecule has 0 spiro atoms. The predicted molar refractivity (Wildman–Crippen MR) is 83.4 cm³/mol. The standard InChI is InChI=1S/C15H19N3O5/c1-9(14(21)18-10(2)15(22)23)17-13(20)8-16-7-11-5-3-4-6-12(11)19/h3-7,9-10,19H,8H2,1-2H3,(H,17,20)(H,18,21)(H,22,23)/t9-,10-/m1/s1. The molecule has 0 fully saturated rings. The maximum Gasteiger partial charge on any atom is 0.325 e. The molecular formula is C15H19N3O5. The summed E-state index contributed by atoms with van der Waals surface area (Å²) in [5.41, 5.74) is 0.473. The van der Waals surface area contributed by atoms with Crippen LogP contribution in [0, 0.1) is 0 Å². The van der Waals surface area contributed by atoms with Crippen molar-refractivity contribution in [2.75, 3.05) is 6.54 Å². The van der Waals surface area contributed by atoms with Crippen LogP contribution in [-0.4, -0.2) is 52.8 Å². The average Bonchev–Trinajstić information content (AvgIpc) is 2.48. The third-order valence-corrected chi connectivity index (χ3v) is 2.90. The first-order valence-electron chi connectivity index (χ1n) is 6.91. The van der Waals surface area contributed by atoms with E-state index < -0.39 is 29.9 Å². The van der Waals surface area contributed by atoms with Crippen molar-refractivity contribution in [2.45, 2.75) is 25.9 Å². The van der Waals surface area contributed by atoms with Crippen molar-refractivity contribution in [3.05, 3.63) is 29.8 Å². The van der Waals surface area contributed by atoms with E-state index in [0.717, 1.165) is 0 Å². The highest BCUT2D eigenvalue weighted by molar-refractivity contribution is 5.91. The number of aliphatic imine (C=N–C) groups is 1. The number of benzene rings is 1. The lowest BCUT2D eigenvalue weighted by Crippen LogP contribution is -2.49. The summed E-state index contributed by atoms with van der Waals surface area (Å²) in [6.45, 7) is 2.54. The first-order chi connectivity index (χ1) is 10.8. The molecular weight excluding hydrogens is 302 g/mol. The fourth-order valence-corrected chi connectivity index (χ4v) is 1.58. The lowest BCUT2D eigenvalue weighted by Gasteiger charge is -2.15. The molecule has 4 N–H and O–H groups in total. The number of carbonyl (C=O) groups excluding carboxylic acids is 2.